The van der Waals surface area contributed by atoms with Gasteiger partial charge in [-0.05, 0) is 36.5 Å². The molecule has 1 aromatic rings. The van der Waals surface area contributed by atoms with Crippen LogP contribution in [0.1, 0.15) is 31.7 Å². The van der Waals surface area contributed by atoms with E-state index in [0.29, 0.717) is 25.8 Å². The van der Waals surface area contributed by atoms with Crippen LogP contribution in [0.25, 0.3) is 0 Å². The van der Waals surface area contributed by atoms with E-state index in [1.807, 2.05) is 31.2 Å². The Morgan fingerprint density at radius 2 is 2.09 bits per heavy atom. The van der Waals surface area contributed by atoms with E-state index in [1.54, 1.807) is 4.90 Å². The number of rotatable bonds is 7. The van der Waals surface area contributed by atoms with Crippen molar-refractivity contribution in [3.05, 3.63) is 29.8 Å². The lowest BCUT2D eigenvalue weighted by Gasteiger charge is -2.16. The first-order valence-corrected chi connectivity index (χ1v) is 7.87. The Morgan fingerprint density at radius 3 is 2.68 bits per heavy atom. The molecule has 1 fully saturated rings. The molecule has 0 aromatic heterocycles. The predicted octanol–water partition coefficient (Wildman–Crippen LogP) is 1.49. The van der Waals surface area contributed by atoms with E-state index in [4.69, 9.17) is 5.11 Å². The maximum atomic E-state index is 11.9. The smallest absolute Gasteiger partial charge is 0.227 e. The molecule has 0 radical (unpaired) electrons. The fourth-order valence-electron chi connectivity index (χ4n) is 2.57. The summed E-state index contributed by atoms with van der Waals surface area (Å²) in [6.07, 6.45) is 2.56. The molecule has 1 aliphatic rings. The number of benzene rings is 1. The minimum Gasteiger partial charge on any atom is -0.396 e. The summed E-state index contributed by atoms with van der Waals surface area (Å²) in [6.45, 7) is 3.51. The molecule has 120 valence electrons. The van der Waals surface area contributed by atoms with Crippen molar-refractivity contribution in [2.24, 2.45) is 5.92 Å². The summed E-state index contributed by atoms with van der Waals surface area (Å²) in [5, 5.41) is 11.7. The summed E-state index contributed by atoms with van der Waals surface area (Å²) in [5.41, 5.74) is 1.84. The van der Waals surface area contributed by atoms with Gasteiger partial charge in [0.15, 0.2) is 0 Å². The molecular formula is C17H24N2O3. The van der Waals surface area contributed by atoms with E-state index in [-0.39, 0.29) is 24.3 Å². The quantitative estimate of drug-likeness (QED) is 0.802. The van der Waals surface area contributed by atoms with Crippen molar-refractivity contribution < 1.29 is 14.7 Å². The van der Waals surface area contributed by atoms with Crippen LogP contribution in [0.3, 0.4) is 0 Å². The Morgan fingerprint density at radius 1 is 1.36 bits per heavy atom. The van der Waals surface area contributed by atoms with E-state index in [9.17, 15) is 9.59 Å². The fraction of sp³-hybridized carbons (Fsp3) is 0.529. The maximum Gasteiger partial charge on any atom is 0.227 e. The number of nitrogens with zero attached hydrogens (tertiary/aromatic N) is 1. The zero-order valence-electron chi connectivity index (χ0n) is 13.0. The van der Waals surface area contributed by atoms with Crippen LogP contribution in [0, 0.1) is 5.92 Å². The fourth-order valence-corrected chi connectivity index (χ4v) is 2.57. The lowest BCUT2D eigenvalue weighted by molar-refractivity contribution is -0.120. The van der Waals surface area contributed by atoms with Crippen molar-refractivity contribution in [1.82, 2.24) is 5.32 Å². The number of carbonyl (C=O) groups excluding carboxylic acids is 2. The van der Waals surface area contributed by atoms with E-state index < -0.39 is 0 Å². The molecule has 0 spiro atoms. The second-order valence-corrected chi connectivity index (χ2v) is 5.91. The molecule has 2 amide bonds. The van der Waals surface area contributed by atoms with Crippen molar-refractivity contribution in [2.45, 2.75) is 32.6 Å². The van der Waals surface area contributed by atoms with E-state index in [1.165, 1.54) is 0 Å². The number of aliphatic hydroxyl groups excluding tert-OH is 1. The summed E-state index contributed by atoms with van der Waals surface area (Å²) in [5.74, 6) is 0.427. The SMILES string of the molecule is CC(CCO)CNC(=O)Cc1ccc(N2CCCC2=O)cc1. The third kappa shape index (κ3) is 4.56. The zero-order valence-corrected chi connectivity index (χ0v) is 13.0. The first kappa shape index (κ1) is 16.5. The van der Waals surface area contributed by atoms with E-state index >= 15 is 0 Å². The van der Waals surface area contributed by atoms with Crippen LogP contribution < -0.4 is 10.2 Å². The van der Waals surface area contributed by atoms with Crippen LogP contribution in [0.4, 0.5) is 5.69 Å². The van der Waals surface area contributed by atoms with Gasteiger partial charge >= 0.3 is 0 Å². The van der Waals surface area contributed by atoms with Crippen LogP contribution in [0.5, 0.6) is 0 Å². The Hall–Kier alpha value is -1.88. The molecule has 1 atom stereocenters. The number of aliphatic hydroxyl groups is 1. The number of carbonyl (C=O) groups is 2. The standard InChI is InChI=1S/C17H24N2O3/c1-13(8-10-20)12-18-16(21)11-14-4-6-15(7-5-14)19-9-2-3-17(19)22/h4-7,13,20H,2-3,8-12H2,1H3,(H,18,21). The molecule has 0 aliphatic carbocycles. The minimum atomic E-state index is -0.0187. The molecule has 1 aliphatic heterocycles. The second kappa shape index (κ2) is 7.94. The molecule has 1 unspecified atom stereocenters. The summed E-state index contributed by atoms with van der Waals surface area (Å²) in [6, 6.07) is 7.61. The summed E-state index contributed by atoms with van der Waals surface area (Å²) in [7, 11) is 0. The van der Waals surface area contributed by atoms with E-state index in [0.717, 1.165) is 24.2 Å². The third-order valence-electron chi connectivity index (χ3n) is 3.96. The molecule has 2 rings (SSSR count). The van der Waals surface area contributed by atoms with Gasteiger partial charge < -0.3 is 15.3 Å². The Labute approximate surface area is 131 Å². The first-order chi connectivity index (χ1) is 10.6. The molecule has 2 N–H and O–H groups in total. The number of anilines is 1. The average Bonchev–Trinajstić information content (AvgIpc) is 2.92. The first-order valence-electron chi connectivity index (χ1n) is 7.87. The maximum absolute atomic E-state index is 11.9. The van der Waals surface area contributed by atoms with Gasteiger partial charge in [0.25, 0.3) is 0 Å². The van der Waals surface area contributed by atoms with Crippen molar-refractivity contribution in [3.63, 3.8) is 0 Å². The number of nitrogens with one attached hydrogen (secondary N) is 1. The van der Waals surface area contributed by atoms with Crippen molar-refractivity contribution >= 4 is 17.5 Å². The van der Waals surface area contributed by atoms with Gasteiger partial charge in [0.05, 0.1) is 6.42 Å². The number of hydrogen-bond acceptors (Lipinski definition) is 3. The molecular weight excluding hydrogens is 280 g/mol. The second-order valence-electron chi connectivity index (χ2n) is 5.91. The van der Waals surface area contributed by atoms with Gasteiger partial charge in [-0.25, -0.2) is 0 Å². The van der Waals surface area contributed by atoms with Gasteiger partial charge in [-0.2, -0.15) is 0 Å². The lowest BCUT2D eigenvalue weighted by atomic mass is 10.1. The van der Waals surface area contributed by atoms with Crippen molar-refractivity contribution in [2.75, 3.05) is 24.6 Å². The van der Waals surface area contributed by atoms with Crippen LogP contribution >= 0.6 is 0 Å². The highest BCUT2D eigenvalue weighted by atomic mass is 16.3. The van der Waals surface area contributed by atoms with Gasteiger partial charge in [-0.1, -0.05) is 19.1 Å². The summed E-state index contributed by atoms with van der Waals surface area (Å²) in [4.78, 5) is 25.4. The van der Waals surface area contributed by atoms with Gasteiger partial charge in [0.2, 0.25) is 11.8 Å². The molecule has 5 heteroatoms. The van der Waals surface area contributed by atoms with Gasteiger partial charge in [0, 0.05) is 31.8 Å². The zero-order chi connectivity index (χ0) is 15.9. The Balaban J connectivity index is 1.83. The minimum absolute atomic E-state index is 0.0187. The summed E-state index contributed by atoms with van der Waals surface area (Å²) >= 11 is 0. The number of amides is 2. The van der Waals surface area contributed by atoms with Crippen molar-refractivity contribution in [3.8, 4) is 0 Å². The van der Waals surface area contributed by atoms with Crippen LogP contribution in [0.15, 0.2) is 24.3 Å². The predicted molar refractivity (Wildman–Crippen MR) is 85.6 cm³/mol. The topological polar surface area (TPSA) is 69.6 Å². The van der Waals surface area contributed by atoms with Gasteiger partial charge in [0.1, 0.15) is 0 Å². The molecule has 1 saturated heterocycles. The van der Waals surface area contributed by atoms with Crippen LogP contribution in [-0.4, -0.2) is 36.6 Å². The highest BCUT2D eigenvalue weighted by molar-refractivity contribution is 5.95. The van der Waals surface area contributed by atoms with E-state index in [2.05, 4.69) is 5.32 Å². The molecule has 1 aromatic carbocycles. The van der Waals surface area contributed by atoms with Crippen molar-refractivity contribution in [1.29, 1.82) is 0 Å². The van der Waals surface area contributed by atoms with Gasteiger partial charge in [-0.15, -0.1) is 0 Å². The monoisotopic (exact) mass is 304 g/mol. The Bertz CT molecular complexity index is 513. The third-order valence-corrected chi connectivity index (χ3v) is 3.96. The highest BCUT2D eigenvalue weighted by Gasteiger charge is 2.21. The largest absolute Gasteiger partial charge is 0.396 e. The number of hydrogen-bond donors (Lipinski definition) is 2. The van der Waals surface area contributed by atoms with Gasteiger partial charge in [-0.3, -0.25) is 9.59 Å². The Kier molecular flexibility index (Phi) is 5.95. The lowest BCUT2D eigenvalue weighted by Crippen LogP contribution is -2.30. The van der Waals surface area contributed by atoms with Crippen LogP contribution in [-0.2, 0) is 16.0 Å². The molecule has 0 saturated carbocycles. The molecule has 5 nitrogen and oxygen atoms in total. The normalized spacial score (nSPS) is 15.9. The molecule has 22 heavy (non-hydrogen) atoms. The van der Waals surface area contributed by atoms with Crippen LogP contribution in [0.2, 0.25) is 0 Å². The molecule has 1 heterocycles. The summed E-state index contributed by atoms with van der Waals surface area (Å²) < 4.78 is 0. The average molecular weight is 304 g/mol. The molecule has 0 bridgehead atoms. The highest BCUT2D eigenvalue weighted by Crippen LogP contribution is 2.21.